The Morgan fingerprint density at radius 3 is 2.76 bits per heavy atom. The van der Waals surface area contributed by atoms with Crippen LogP contribution in [-0.2, 0) is 11.8 Å². The van der Waals surface area contributed by atoms with Gasteiger partial charge in [-0.1, -0.05) is 12.1 Å². The van der Waals surface area contributed by atoms with Gasteiger partial charge in [0.1, 0.15) is 6.10 Å². The van der Waals surface area contributed by atoms with Gasteiger partial charge in [0.25, 0.3) is 0 Å². The van der Waals surface area contributed by atoms with Crippen molar-refractivity contribution in [3.8, 4) is 17.1 Å². The van der Waals surface area contributed by atoms with Gasteiger partial charge >= 0.3 is 0 Å². The summed E-state index contributed by atoms with van der Waals surface area (Å²) in [6, 6.07) is 10.1. The first-order valence-electron chi connectivity index (χ1n) is 15.3. The number of benzene rings is 1. The maximum absolute atomic E-state index is 13.2. The van der Waals surface area contributed by atoms with E-state index in [0.29, 0.717) is 36.2 Å². The number of anilines is 4. The minimum Gasteiger partial charge on any atom is -0.473 e. The predicted octanol–water partition coefficient (Wildman–Crippen LogP) is 4.48. The van der Waals surface area contributed by atoms with Crippen molar-refractivity contribution in [2.24, 2.45) is 7.05 Å². The number of nitrogens with one attached hydrogen (secondary N) is 4. The Labute approximate surface area is 260 Å². The summed E-state index contributed by atoms with van der Waals surface area (Å²) in [6.45, 7) is 7.61. The summed E-state index contributed by atoms with van der Waals surface area (Å²) in [5, 5.41) is 15.1. The molecule has 0 spiro atoms. The molecule has 1 aliphatic heterocycles. The number of aromatic nitrogens is 7. The number of nitrogens with zero attached hydrogens (tertiary/aromatic N) is 7. The number of aryl methyl sites for hydroxylation is 4. The van der Waals surface area contributed by atoms with Gasteiger partial charge in [-0.05, 0) is 51.7 Å². The zero-order valence-corrected chi connectivity index (χ0v) is 25.9. The summed E-state index contributed by atoms with van der Waals surface area (Å²) in [5.74, 6) is 2.26. The summed E-state index contributed by atoms with van der Waals surface area (Å²) in [7, 11) is 1.89. The number of likely N-dealkylation sites (tertiary alicyclic amines) is 1. The van der Waals surface area contributed by atoms with Crippen LogP contribution < -0.4 is 20.7 Å². The molecule has 13 nitrogen and oxygen atoms in total. The number of hydrogen-bond donors (Lipinski definition) is 4. The average Bonchev–Trinajstić information content (AvgIpc) is 3.37. The van der Waals surface area contributed by atoms with Crippen LogP contribution in [-0.4, -0.2) is 77.3 Å². The summed E-state index contributed by atoms with van der Waals surface area (Å²) in [5.41, 5.74) is 6.12. The summed E-state index contributed by atoms with van der Waals surface area (Å²) in [6.07, 6.45) is 6.82. The first-order chi connectivity index (χ1) is 21.8. The molecule has 0 bridgehead atoms. The van der Waals surface area contributed by atoms with Gasteiger partial charge in [0, 0.05) is 73.0 Å². The lowest BCUT2D eigenvalue weighted by atomic mass is 10.1. The molecule has 5 aromatic rings. The minimum absolute atomic E-state index is 0.0348. The number of para-hydroxylation sites is 1. The Morgan fingerprint density at radius 2 is 1.96 bits per heavy atom. The van der Waals surface area contributed by atoms with Gasteiger partial charge in [0.15, 0.2) is 5.82 Å². The van der Waals surface area contributed by atoms with Crippen molar-refractivity contribution in [1.29, 1.82) is 0 Å². The van der Waals surface area contributed by atoms with Crippen LogP contribution in [0, 0.1) is 20.8 Å². The lowest BCUT2D eigenvalue weighted by molar-refractivity contribution is -0.117. The van der Waals surface area contributed by atoms with E-state index in [4.69, 9.17) is 9.72 Å². The fourth-order valence-corrected chi connectivity index (χ4v) is 5.64. The van der Waals surface area contributed by atoms with E-state index in [1.165, 1.54) is 0 Å². The summed E-state index contributed by atoms with van der Waals surface area (Å²) in [4.78, 5) is 36.9. The van der Waals surface area contributed by atoms with E-state index in [9.17, 15) is 4.79 Å². The summed E-state index contributed by atoms with van der Waals surface area (Å²) >= 11 is 0. The number of ether oxygens (including phenoxy) is 1. The van der Waals surface area contributed by atoms with Crippen LogP contribution in [0.15, 0.2) is 42.7 Å². The molecule has 0 radical (unpaired) electrons. The highest BCUT2D eigenvalue weighted by molar-refractivity contribution is 6.06. The second-order valence-electron chi connectivity index (χ2n) is 12.0. The van der Waals surface area contributed by atoms with Gasteiger partial charge < -0.3 is 25.7 Å². The molecule has 4 aromatic heterocycles. The van der Waals surface area contributed by atoms with Gasteiger partial charge in [-0.2, -0.15) is 10.1 Å². The Balaban J connectivity index is 1.00. The standard InChI is InChI=1S/C32H37N11O2/c1-18-14-34-31(38-26-13-20(3)42(4)41-26)40-29(18)24-15-33-30-23(24)6-5-7-25(30)37-27(44)17-43-11-10-22(16-43)45-28-12-19(2)35-32(39-28)36-21-8-9-21/h5-7,12-15,21-22,33H,8-11,16-17H2,1-4H3,(H,37,44)(H,35,36,39)(H,34,38,40,41). The molecule has 1 unspecified atom stereocenters. The quantitative estimate of drug-likeness (QED) is 0.179. The van der Waals surface area contributed by atoms with Gasteiger partial charge in [-0.25, -0.2) is 15.0 Å². The smallest absolute Gasteiger partial charge is 0.238 e. The first kappa shape index (κ1) is 28.7. The highest BCUT2D eigenvalue weighted by Gasteiger charge is 2.27. The highest BCUT2D eigenvalue weighted by Crippen LogP contribution is 2.33. The molecule has 13 heteroatoms. The van der Waals surface area contributed by atoms with Crippen LogP contribution in [0.1, 0.15) is 36.2 Å². The maximum Gasteiger partial charge on any atom is 0.238 e. The minimum atomic E-state index is -0.0801. The fourth-order valence-electron chi connectivity index (χ4n) is 5.64. The SMILES string of the molecule is Cc1cc(OC2CCN(CC(=O)Nc3cccc4c(-c5nc(Nc6cc(C)n(C)n6)ncc5C)c[nH]c34)C2)nc(NC2CC2)n1. The molecule has 2 aliphatic rings. The molecular formula is C32H37N11O2. The second-order valence-corrected chi connectivity index (χ2v) is 12.0. The predicted molar refractivity (Wildman–Crippen MR) is 173 cm³/mol. The maximum atomic E-state index is 13.2. The molecule has 232 valence electrons. The van der Waals surface area contributed by atoms with E-state index in [1.54, 1.807) is 10.9 Å². The molecule has 4 N–H and O–H groups in total. The third-order valence-corrected chi connectivity index (χ3v) is 8.20. The van der Waals surface area contributed by atoms with Crippen molar-refractivity contribution < 1.29 is 9.53 Å². The van der Waals surface area contributed by atoms with Crippen LogP contribution >= 0.6 is 0 Å². The zero-order chi connectivity index (χ0) is 31.1. The van der Waals surface area contributed by atoms with E-state index < -0.39 is 0 Å². The molecule has 7 rings (SSSR count). The van der Waals surface area contributed by atoms with Gasteiger partial charge in [0.2, 0.25) is 23.7 Å². The third-order valence-electron chi connectivity index (χ3n) is 8.20. The number of fused-ring (bicyclic) bond motifs is 1. The molecule has 1 saturated heterocycles. The average molecular weight is 608 g/mol. The van der Waals surface area contributed by atoms with E-state index >= 15 is 0 Å². The molecule has 2 fully saturated rings. The van der Waals surface area contributed by atoms with E-state index in [1.807, 2.05) is 64.3 Å². The van der Waals surface area contributed by atoms with Crippen molar-refractivity contribution in [1.82, 2.24) is 39.6 Å². The van der Waals surface area contributed by atoms with E-state index in [-0.39, 0.29) is 18.6 Å². The van der Waals surface area contributed by atoms with Crippen LogP contribution in [0.2, 0.25) is 0 Å². The second kappa shape index (κ2) is 11.8. The first-order valence-corrected chi connectivity index (χ1v) is 15.3. The monoisotopic (exact) mass is 607 g/mol. The van der Waals surface area contributed by atoms with Gasteiger partial charge in [0.05, 0.1) is 23.4 Å². The number of H-pyrrole nitrogens is 1. The molecule has 1 saturated carbocycles. The Hall–Kier alpha value is -5.04. The lowest BCUT2D eigenvalue weighted by Gasteiger charge is -2.17. The van der Waals surface area contributed by atoms with Crippen LogP contribution in [0.5, 0.6) is 5.88 Å². The normalized spacial score (nSPS) is 16.7. The number of hydrogen-bond acceptors (Lipinski definition) is 10. The summed E-state index contributed by atoms with van der Waals surface area (Å²) < 4.78 is 8.00. The zero-order valence-electron chi connectivity index (χ0n) is 25.9. The van der Waals surface area contributed by atoms with Crippen molar-refractivity contribution >= 4 is 40.2 Å². The van der Waals surface area contributed by atoms with Crippen molar-refractivity contribution in [2.45, 2.75) is 52.2 Å². The largest absolute Gasteiger partial charge is 0.473 e. The van der Waals surface area contributed by atoms with Crippen molar-refractivity contribution in [2.75, 3.05) is 35.6 Å². The van der Waals surface area contributed by atoms with Crippen LogP contribution in [0.3, 0.4) is 0 Å². The molecule has 1 aromatic carbocycles. The van der Waals surface area contributed by atoms with Crippen molar-refractivity contribution in [3.63, 3.8) is 0 Å². The Kier molecular flexibility index (Phi) is 7.53. The molecule has 45 heavy (non-hydrogen) atoms. The number of rotatable bonds is 10. The number of carbonyl (C=O) groups is 1. The Bertz CT molecular complexity index is 1860. The topological polar surface area (TPSA) is 151 Å². The van der Waals surface area contributed by atoms with Gasteiger partial charge in [-0.15, -0.1) is 0 Å². The molecule has 1 aliphatic carbocycles. The fraction of sp³-hybridized carbons (Fsp3) is 0.375. The van der Waals surface area contributed by atoms with Crippen molar-refractivity contribution in [3.05, 3.63) is 59.7 Å². The van der Waals surface area contributed by atoms with E-state index in [2.05, 4.69) is 45.9 Å². The number of carbonyl (C=O) groups excluding carboxylic acids is 1. The molecule has 5 heterocycles. The number of amides is 1. The number of aromatic amines is 1. The highest BCUT2D eigenvalue weighted by atomic mass is 16.5. The molecular weight excluding hydrogens is 570 g/mol. The Morgan fingerprint density at radius 1 is 1.09 bits per heavy atom. The third kappa shape index (κ3) is 6.43. The van der Waals surface area contributed by atoms with Gasteiger partial charge in [-0.3, -0.25) is 14.4 Å². The molecule has 1 amide bonds. The van der Waals surface area contributed by atoms with Crippen LogP contribution in [0.25, 0.3) is 22.2 Å². The van der Waals surface area contributed by atoms with E-state index in [0.717, 1.165) is 70.6 Å². The van der Waals surface area contributed by atoms with Crippen LogP contribution in [0.4, 0.5) is 23.4 Å². The molecule has 1 atom stereocenters. The lowest BCUT2D eigenvalue weighted by Crippen LogP contribution is -2.33.